The van der Waals surface area contributed by atoms with Gasteiger partial charge >= 0.3 is 0 Å². The van der Waals surface area contributed by atoms with Crippen molar-refractivity contribution in [2.75, 3.05) is 31.4 Å². The molecule has 0 N–H and O–H groups in total. The highest BCUT2D eigenvalue weighted by molar-refractivity contribution is 7.85. The molecular formula is C21H47O3PS. The normalized spacial score (nSPS) is 11.9. The Morgan fingerprint density at radius 1 is 0.615 bits per heavy atom. The summed E-state index contributed by atoms with van der Waals surface area (Å²) in [6.45, 7) is 11.4. The largest absolute Gasteiger partial charge is 0.748 e. The third-order valence-corrected chi connectivity index (χ3v) is 8.65. The second kappa shape index (κ2) is 18.7. The van der Waals surface area contributed by atoms with Gasteiger partial charge in [-0.3, -0.25) is 0 Å². The Morgan fingerprint density at radius 3 is 1.23 bits per heavy atom. The Hall–Kier alpha value is 0.340. The number of unbranched alkanes of at least 4 members (excludes halogenated alkanes) is 10. The summed E-state index contributed by atoms with van der Waals surface area (Å²) in [5.74, 6) is -0.243. The van der Waals surface area contributed by atoms with E-state index in [4.69, 9.17) is 0 Å². The lowest BCUT2D eigenvalue weighted by molar-refractivity contribution is 0.462. The Bertz CT molecular complexity index is 363. The summed E-state index contributed by atoms with van der Waals surface area (Å²) in [5, 5.41) is 0. The van der Waals surface area contributed by atoms with Gasteiger partial charge in [-0.2, -0.15) is 0 Å². The zero-order valence-electron chi connectivity index (χ0n) is 18.4. The first-order valence-corrected chi connectivity index (χ1v) is 15.6. The highest BCUT2D eigenvalue weighted by Gasteiger charge is 2.23. The summed E-state index contributed by atoms with van der Waals surface area (Å²) in [6, 6.07) is 0. The van der Waals surface area contributed by atoms with Crippen molar-refractivity contribution >= 4 is 17.4 Å². The maximum atomic E-state index is 9.68. The van der Waals surface area contributed by atoms with Crippen molar-refractivity contribution in [3.63, 3.8) is 0 Å². The van der Waals surface area contributed by atoms with E-state index in [1.54, 1.807) is 19.2 Å². The molecule has 5 heteroatoms. The van der Waals surface area contributed by atoms with E-state index in [0.29, 0.717) is 6.42 Å². The predicted octanol–water partition coefficient (Wildman–Crippen LogP) is 6.93. The molecule has 160 valence electrons. The topological polar surface area (TPSA) is 57.2 Å². The lowest BCUT2D eigenvalue weighted by atomic mass is 10.1. The summed E-state index contributed by atoms with van der Waals surface area (Å²) < 4.78 is 29.0. The first kappa shape index (κ1) is 28.5. The zero-order chi connectivity index (χ0) is 20.3. The van der Waals surface area contributed by atoms with Gasteiger partial charge in [-0.05, 0) is 32.1 Å². The van der Waals surface area contributed by atoms with Crippen molar-refractivity contribution in [1.82, 2.24) is 0 Å². The molecule has 0 bridgehead atoms. The van der Waals surface area contributed by atoms with E-state index in [0.717, 1.165) is 0 Å². The molecule has 0 atom stereocenters. The van der Waals surface area contributed by atoms with E-state index >= 15 is 0 Å². The van der Waals surface area contributed by atoms with Crippen LogP contribution >= 0.6 is 7.26 Å². The Labute approximate surface area is 166 Å². The van der Waals surface area contributed by atoms with Gasteiger partial charge in [-0.15, -0.1) is 0 Å². The molecule has 0 saturated carbocycles. The van der Waals surface area contributed by atoms with Gasteiger partial charge in [0.05, 0.1) is 22.4 Å². The van der Waals surface area contributed by atoms with Gasteiger partial charge in [0.1, 0.15) is 0 Å². The van der Waals surface area contributed by atoms with Crippen LogP contribution in [0.25, 0.3) is 0 Å². The van der Waals surface area contributed by atoms with Gasteiger partial charge in [0.15, 0.2) is 0 Å². The molecule has 0 saturated heterocycles. The molecule has 0 unspecified atom stereocenters. The lowest BCUT2D eigenvalue weighted by Gasteiger charge is -2.18. The average molecular weight is 411 g/mol. The molecular weight excluding hydrogens is 363 g/mol. The van der Waals surface area contributed by atoms with Crippen molar-refractivity contribution in [1.29, 1.82) is 0 Å². The first-order valence-electron chi connectivity index (χ1n) is 10.9. The molecule has 0 aromatic rings. The molecule has 0 aromatic carbocycles. The molecule has 0 fully saturated rings. The second-order valence-electron chi connectivity index (χ2n) is 8.18. The van der Waals surface area contributed by atoms with Crippen LogP contribution in [-0.2, 0) is 10.1 Å². The monoisotopic (exact) mass is 410 g/mol. The van der Waals surface area contributed by atoms with Crippen LogP contribution in [0.2, 0.25) is 0 Å². The standard InChI is InChI=1S/C18H40P.C3H8O3S/c1-5-7-9-11-13-15-17-19(3,4)18-16-14-12-10-8-6-2;1-2-3-7(4,5)6/h5-18H2,1-4H3;2-3H2,1H3,(H,4,5,6)/q+1;/p-1. The summed E-state index contributed by atoms with van der Waals surface area (Å²) in [7, 11) is -4.48. The quantitative estimate of drug-likeness (QED) is 0.157. The molecule has 0 spiro atoms. The van der Waals surface area contributed by atoms with Crippen LogP contribution in [-0.4, -0.2) is 44.4 Å². The molecule has 0 radical (unpaired) electrons. The molecule has 0 aliphatic rings. The van der Waals surface area contributed by atoms with Crippen LogP contribution < -0.4 is 0 Å². The van der Waals surface area contributed by atoms with Crippen molar-refractivity contribution in [3.05, 3.63) is 0 Å². The van der Waals surface area contributed by atoms with Crippen LogP contribution in [0.5, 0.6) is 0 Å². The highest BCUT2D eigenvalue weighted by Crippen LogP contribution is 2.52. The van der Waals surface area contributed by atoms with E-state index in [1.807, 2.05) is 0 Å². The van der Waals surface area contributed by atoms with Gasteiger partial charge in [-0.25, -0.2) is 8.42 Å². The lowest BCUT2D eigenvalue weighted by Crippen LogP contribution is -2.01. The highest BCUT2D eigenvalue weighted by atomic mass is 32.2. The van der Waals surface area contributed by atoms with E-state index in [9.17, 15) is 13.0 Å². The number of rotatable bonds is 16. The first-order chi connectivity index (χ1) is 12.2. The predicted molar refractivity (Wildman–Crippen MR) is 120 cm³/mol. The minimum absolute atomic E-state index is 0.243. The summed E-state index contributed by atoms with van der Waals surface area (Å²) in [5.41, 5.74) is 0. The Kier molecular flexibility index (Phi) is 20.5. The summed E-state index contributed by atoms with van der Waals surface area (Å²) >= 11 is 0. The fourth-order valence-electron chi connectivity index (χ4n) is 3.00. The van der Waals surface area contributed by atoms with Crippen molar-refractivity contribution in [3.8, 4) is 0 Å². The summed E-state index contributed by atoms with van der Waals surface area (Å²) in [4.78, 5) is 0. The average Bonchev–Trinajstić information content (AvgIpc) is 2.53. The van der Waals surface area contributed by atoms with Gasteiger partial charge < -0.3 is 4.55 Å². The van der Waals surface area contributed by atoms with Crippen molar-refractivity contribution in [2.24, 2.45) is 0 Å². The van der Waals surface area contributed by atoms with E-state index in [2.05, 4.69) is 27.2 Å². The molecule has 0 heterocycles. The van der Waals surface area contributed by atoms with Crippen LogP contribution in [0.15, 0.2) is 0 Å². The maximum Gasteiger partial charge on any atom is 0.0945 e. The molecule has 0 rings (SSSR count). The minimum Gasteiger partial charge on any atom is -0.748 e. The Morgan fingerprint density at radius 2 is 0.962 bits per heavy atom. The molecule has 26 heavy (non-hydrogen) atoms. The van der Waals surface area contributed by atoms with Crippen LogP contribution in [0.4, 0.5) is 0 Å². The molecule has 0 aromatic heterocycles. The van der Waals surface area contributed by atoms with E-state index in [-0.39, 0.29) is 5.75 Å². The zero-order valence-corrected chi connectivity index (χ0v) is 20.1. The van der Waals surface area contributed by atoms with Gasteiger partial charge in [0.2, 0.25) is 0 Å². The number of hydrogen-bond donors (Lipinski definition) is 0. The van der Waals surface area contributed by atoms with Crippen LogP contribution in [0.1, 0.15) is 104 Å². The molecule has 0 amide bonds. The fraction of sp³-hybridized carbons (Fsp3) is 1.00. The van der Waals surface area contributed by atoms with Crippen molar-refractivity contribution in [2.45, 2.75) is 104 Å². The third-order valence-electron chi connectivity index (χ3n) is 4.69. The summed E-state index contributed by atoms with van der Waals surface area (Å²) in [6.07, 6.45) is 21.0. The fourth-order valence-corrected chi connectivity index (χ4v) is 5.89. The van der Waals surface area contributed by atoms with Crippen LogP contribution in [0.3, 0.4) is 0 Å². The van der Waals surface area contributed by atoms with Crippen LogP contribution in [0, 0.1) is 0 Å². The van der Waals surface area contributed by atoms with Gasteiger partial charge in [0.25, 0.3) is 0 Å². The minimum atomic E-state index is -3.92. The number of hydrogen-bond acceptors (Lipinski definition) is 3. The molecule has 0 aliphatic carbocycles. The third kappa shape index (κ3) is 26.6. The van der Waals surface area contributed by atoms with Gasteiger partial charge in [-0.1, -0.05) is 72.1 Å². The SMILES string of the molecule is CCCCCCCC[P+](C)(C)CCCCCCCC.CCCS(=O)(=O)[O-]. The van der Waals surface area contributed by atoms with E-state index < -0.39 is 17.4 Å². The Balaban J connectivity index is 0. The maximum absolute atomic E-state index is 9.68. The van der Waals surface area contributed by atoms with Crippen molar-refractivity contribution < 1.29 is 13.0 Å². The van der Waals surface area contributed by atoms with Gasteiger partial charge in [0, 0.05) is 26.3 Å². The molecule has 0 aliphatic heterocycles. The second-order valence-corrected chi connectivity index (χ2v) is 14.5. The van der Waals surface area contributed by atoms with E-state index in [1.165, 1.54) is 77.0 Å². The molecule has 3 nitrogen and oxygen atoms in total. The smallest absolute Gasteiger partial charge is 0.0945 e.